The molecule has 3 saturated carbocycles. The van der Waals surface area contributed by atoms with Gasteiger partial charge in [0.2, 0.25) is 0 Å². The molecule has 4 aliphatic carbocycles. The fraction of sp³-hybridized carbons (Fsp3) is 0.846. The third-order valence-corrected chi connectivity index (χ3v) is 8.32. The molecule has 0 amide bonds. The molecule has 0 spiro atoms. The molecule has 0 aromatic carbocycles. The summed E-state index contributed by atoms with van der Waals surface area (Å²) in [5.41, 5.74) is 2.38. The van der Waals surface area contributed by atoms with Crippen molar-refractivity contribution < 1.29 is 0 Å². The van der Waals surface area contributed by atoms with Crippen LogP contribution in [0.15, 0.2) is 24.8 Å². The molecule has 0 aromatic heterocycles. The molecule has 0 heterocycles. The summed E-state index contributed by atoms with van der Waals surface area (Å²) in [6.07, 6.45) is 14.7. The van der Waals surface area contributed by atoms with Crippen LogP contribution in [-0.2, 0) is 0 Å². The van der Waals surface area contributed by atoms with Gasteiger partial charge in [-0.05, 0) is 99.2 Å². The minimum Gasteiger partial charge on any atom is -0.106 e. The molecule has 0 saturated heterocycles. The summed E-state index contributed by atoms with van der Waals surface area (Å²) in [6.45, 7) is 21.5. The Hall–Kier alpha value is -0.520. The maximum absolute atomic E-state index is 3.00. The van der Waals surface area contributed by atoms with Gasteiger partial charge in [0.25, 0.3) is 0 Å². The van der Waals surface area contributed by atoms with Crippen molar-refractivity contribution >= 4 is 0 Å². The van der Waals surface area contributed by atoms with Gasteiger partial charge >= 0.3 is 0 Å². The van der Waals surface area contributed by atoms with E-state index in [4.69, 9.17) is 0 Å². The zero-order chi connectivity index (χ0) is 19.9. The zero-order valence-electron chi connectivity index (χ0n) is 19.1. The van der Waals surface area contributed by atoms with Gasteiger partial charge in [0.15, 0.2) is 0 Å². The van der Waals surface area contributed by atoms with Gasteiger partial charge in [0.05, 0.1) is 0 Å². The van der Waals surface area contributed by atoms with Crippen LogP contribution in [0.3, 0.4) is 0 Å². The summed E-state index contributed by atoms with van der Waals surface area (Å²) in [6, 6.07) is 0. The van der Waals surface area contributed by atoms with Crippen molar-refractivity contribution in [3.05, 3.63) is 24.8 Å². The largest absolute Gasteiger partial charge is 0.106 e. The van der Waals surface area contributed by atoms with Crippen molar-refractivity contribution in [2.24, 2.45) is 40.9 Å². The molecule has 0 nitrogen and oxygen atoms in total. The molecule has 7 atom stereocenters. The Labute approximate surface area is 165 Å². The summed E-state index contributed by atoms with van der Waals surface area (Å²) < 4.78 is 0. The summed E-state index contributed by atoms with van der Waals surface area (Å²) in [5, 5.41) is 0. The molecule has 0 aromatic rings. The summed E-state index contributed by atoms with van der Waals surface area (Å²) in [5.74, 6) is 6.33. The molecule has 0 radical (unpaired) electrons. The normalized spacial score (nSPS) is 42.7. The van der Waals surface area contributed by atoms with Crippen molar-refractivity contribution in [1.82, 2.24) is 0 Å². The lowest BCUT2D eigenvalue weighted by atomic mass is 9.50. The number of rotatable bonds is 0. The second-order valence-corrected chi connectivity index (χ2v) is 8.95. The molecule has 3 fully saturated rings. The highest BCUT2D eigenvalue weighted by Gasteiger charge is 2.55. The third-order valence-electron chi connectivity index (χ3n) is 8.32. The number of hydrogen-bond donors (Lipinski definition) is 0. The molecule has 0 N–H and O–H groups in total. The minimum absolute atomic E-state index is 0.703. The average Bonchev–Trinajstić information content (AvgIpc) is 3.01. The molecular formula is C26H48. The third kappa shape index (κ3) is 4.31. The highest BCUT2D eigenvalue weighted by atomic mass is 14.6. The van der Waals surface area contributed by atoms with E-state index >= 15 is 0 Å². The maximum atomic E-state index is 3.00. The molecule has 0 bridgehead atoms. The van der Waals surface area contributed by atoms with Crippen LogP contribution in [0, 0.1) is 40.9 Å². The summed E-state index contributed by atoms with van der Waals surface area (Å²) in [7, 11) is 0. The molecule has 4 aliphatic rings. The molecule has 152 valence electrons. The zero-order valence-corrected chi connectivity index (χ0v) is 19.1. The lowest BCUT2D eigenvalue weighted by molar-refractivity contribution is -0.0503. The predicted molar refractivity (Wildman–Crippen MR) is 119 cm³/mol. The van der Waals surface area contributed by atoms with Crippen molar-refractivity contribution in [2.45, 2.75) is 99.8 Å². The quantitative estimate of drug-likeness (QED) is 0.379. The van der Waals surface area contributed by atoms with E-state index in [9.17, 15) is 0 Å². The number of allylic oxidation sites excluding steroid dienone is 2. The smallest absolute Gasteiger partial charge is 0.0269 e. The Kier molecular flexibility index (Phi) is 9.70. The molecule has 26 heavy (non-hydrogen) atoms. The van der Waals surface area contributed by atoms with E-state index in [0.717, 1.165) is 35.5 Å². The van der Waals surface area contributed by atoms with Crippen LogP contribution < -0.4 is 0 Å². The monoisotopic (exact) mass is 360 g/mol. The van der Waals surface area contributed by atoms with Gasteiger partial charge in [0, 0.05) is 0 Å². The van der Waals surface area contributed by atoms with Crippen LogP contribution in [0.5, 0.6) is 0 Å². The fourth-order valence-electron chi connectivity index (χ4n) is 6.95. The van der Waals surface area contributed by atoms with Gasteiger partial charge in [-0.2, -0.15) is 0 Å². The Bertz CT molecular complexity index is 433. The Morgan fingerprint density at radius 1 is 0.885 bits per heavy atom. The highest BCUT2D eigenvalue weighted by Crippen LogP contribution is 2.63. The Morgan fingerprint density at radius 2 is 1.54 bits per heavy atom. The van der Waals surface area contributed by atoms with Crippen molar-refractivity contribution in [2.75, 3.05) is 0 Å². The molecule has 4 unspecified atom stereocenters. The number of hydrogen-bond acceptors (Lipinski definition) is 0. The first-order chi connectivity index (χ1) is 12.6. The van der Waals surface area contributed by atoms with Crippen LogP contribution in [0.4, 0.5) is 0 Å². The lowest BCUT2D eigenvalue weighted by Crippen LogP contribution is -2.47. The van der Waals surface area contributed by atoms with Crippen LogP contribution in [-0.4, -0.2) is 0 Å². The minimum atomic E-state index is 0.703. The predicted octanol–water partition coefficient (Wildman–Crippen LogP) is 8.69. The first-order valence-corrected chi connectivity index (χ1v) is 11.7. The Balaban J connectivity index is 0.000000515. The molecule has 0 aliphatic heterocycles. The van der Waals surface area contributed by atoms with Gasteiger partial charge in [-0.3, -0.25) is 0 Å². The summed E-state index contributed by atoms with van der Waals surface area (Å²) >= 11 is 0. The van der Waals surface area contributed by atoms with E-state index in [1.807, 2.05) is 27.7 Å². The topological polar surface area (TPSA) is 0 Å². The molecule has 0 heteroatoms. The van der Waals surface area contributed by atoms with E-state index in [2.05, 4.69) is 40.0 Å². The van der Waals surface area contributed by atoms with Crippen molar-refractivity contribution in [3.8, 4) is 0 Å². The van der Waals surface area contributed by atoms with Gasteiger partial charge in [0.1, 0.15) is 0 Å². The van der Waals surface area contributed by atoms with Crippen LogP contribution in [0.2, 0.25) is 0 Å². The van der Waals surface area contributed by atoms with Gasteiger partial charge in [-0.1, -0.05) is 53.2 Å². The highest BCUT2D eigenvalue weighted by molar-refractivity contribution is 5.11. The fourth-order valence-corrected chi connectivity index (χ4v) is 6.95. The first kappa shape index (κ1) is 23.5. The molecular weight excluding hydrogens is 312 g/mol. The van der Waals surface area contributed by atoms with Crippen molar-refractivity contribution in [1.29, 1.82) is 0 Å². The van der Waals surface area contributed by atoms with Crippen molar-refractivity contribution in [3.63, 3.8) is 0 Å². The van der Waals surface area contributed by atoms with Crippen LogP contribution >= 0.6 is 0 Å². The van der Waals surface area contributed by atoms with Crippen LogP contribution in [0.25, 0.3) is 0 Å². The van der Waals surface area contributed by atoms with E-state index < -0.39 is 0 Å². The van der Waals surface area contributed by atoms with E-state index in [1.54, 1.807) is 24.8 Å². The standard InChI is InChI=1S/C20H32.2C2H6.C2H4/c1-13-4-7-16-15(12-13)6-8-18-17(16)10-11-20(3)14(2)5-9-19(18)20;3*1-2/h4,14-19H,5-12H2,1-3H3;2*1-2H3;1-2H2/t14-,15-,16?,17?,18?,19?,20+;;;/m0.../s1. The SMILES string of the molecule is C=C.CC.CC.CC1=CCC2C3CC[C@@]4(C)C(CC[C@@H]4C)C3CC[C@H]2C1. The van der Waals surface area contributed by atoms with Gasteiger partial charge in [-0.15, -0.1) is 13.2 Å². The average molecular weight is 361 g/mol. The van der Waals surface area contributed by atoms with Gasteiger partial charge < -0.3 is 0 Å². The molecule has 4 rings (SSSR count). The Morgan fingerprint density at radius 3 is 2.19 bits per heavy atom. The van der Waals surface area contributed by atoms with Gasteiger partial charge in [-0.25, -0.2) is 0 Å². The maximum Gasteiger partial charge on any atom is -0.0269 e. The van der Waals surface area contributed by atoms with Crippen LogP contribution in [0.1, 0.15) is 99.8 Å². The number of fused-ring (bicyclic) bond motifs is 5. The van der Waals surface area contributed by atoms with E-state index in [0.29, 0.717) is 5.41 Å². The lowest BCUT2D eigenvalue weighted by Gasteiger charge is -2.55. The first-order valence-electron chi connectivity index (χ1n) is 11.7. The van der Waals surface area contributed by atoms with E-state index in [-0.39, 0.29) is 0 Å². The second-order valence-electron chi connectivity index (χ2n) is 8.95. The van der Waals surface area contributed by atoms with E-state index in [1.165, 1.54) is 32.1 Å². The summed E-state index contributed by atoms with van der Waals surface area (Å²) in [4.78, 5) is 0. The second kappa shape index (κ2) is 10.7.